The molecule has 3 atom stereocenters. The van der Waals surface area contributed by atoms with Gasteiger partial charge in [0, 0.05) is 23.7 Å². The van der Waals surface area contributed by atoms with E-state index >= 15 is 0 Å². The van der Waals surface area contributed by atoms with Gasteiger partial charge in [0.05, 0.1) is 6.10 Å². The third-order valence-corrected chi connectivity index (χ3v) is 5.81. The van der Waals surface area contributed by atoms with Gasteiger partial charge in [-0.3, -0.25) is 0 Å². The molecule has 0 radical (unpaired) electrons. The van der Waals surface area contributed by atoms with Gasteiger partial charge in [0.15, 0.2) is 0 Å². The molecule has 3 unspecified atom stereocenters. The van der Waals surface area contributed by atoms with Crippen molar-refractivity contribution in [2.45, 2.75) is 57.9 Å². The van der Waals surface area contributed by atoms with Crippen LogP contribution in [-0.4, -0.2) is 30.3 Å². The van der Waals surface area contributed by atoms with Gasteiger partial charge in [-0.15, -0.1) is 0 Å². The average molecular weight is 308 g/mol. The minimum Gasteiger partial charge on any atom is -0.377 e. The molecule has 0 spiro atoms. The van der Waals surface area contributed by atoms with E-state index in [0.717, 1.165) is 18.9 Å². The summed E-state index contributed by atoms with van der Waals surface area (Å²) in [6.07, 6.45) is 2.77. The van der Waals surface area contributed by atoms with Crippen molar-refractivity contribution in [3.63, 3.8) is 0 Å². The second-order valence-corrected chi connectivity index (χ2v) is 7.38. The molecule has 21 heavy (non-hydrogen) atoms. The predicted octanol–water partition coefficient (Wildman–Crippen LogP) is 4.25. The minimum atomic E-state index is 0.403. The number of nitrogens with one attached hydrogen (secondary N) is 1. The van der Waals surface area contributed by atoms with E-state index < -0.39 is 0 Å². The lowest BCUT2D eigenvalue weighted by molar-refractivity contribution is 0.127. The largest absolute Gasteiger partial charge is 0.377 e. The zero-order valence-electron chi connectivity index (χ0n) is 13.8. The molecule has 1 heterocycles. The molecular formula is C18H29NOS. The molecule has 2 nitrogen and oxygen atoms in total. The van der Waals surface area contributed by atoms with Gasteiger partial charge in [0.25, 0.3) is 0 Å². The van der Waals surface area contributed by atoms with Gasteiger partial charge < -0.3 is 10.1 Å². The van der Waals surface area contributed by atoms with Gasteiger partial charge in [-0.2, -0.15) is 11.8 Å². The SMILES string of the molecule is CCCNC(CSC1CCOC1C)c1cc(C)ccc1C. The minimum absolute atomic E-state index is 0.403. The topological polar surface area (TPSA) is 21.3 Å². The van der Waals surface area contributed by atoms with Gasteiger partial charge >= 0.3 is 0 Å². The highest BCUT2D eigenvalue weighted by Gasteiger charge is 2.26. The van der Waals surface area contributed by atoms with E-state index in [0.29, 0.717) is 17.4 Å². The molecular weight excluding hydrogens is 278 g/mol. The van der Waals surface area contributed by atoms with Crippen molar-refractivity contribution in [2.24, 2.45) is 0 Å². The summed E-state index contributed by atoms with van der Waals surface area (Å²) in [7, 11) is 0. The molecule has 1 aliphatic rings. The summed E-state index contributed by atoms with van der Waals surface area (Å²) in [4.78, 5) is 0. The molecule has 1 aromatic carbocycles. The summed E-state index contributed by atoms with van der Waals surface area (Å²) >= 11 is 2.07. The maximum Gasteiger partial charge on any atom is 0.0666 e. The van der Waals surface area contributed by atoms with Crippen molar-refractivity contribution in [2.75, 3.05) is 18.9 Å². The summed E-state index contributed by atoms with van der Waals surface area (Å²) < 4.78 is 5.69. The molecule has 1 N–H and O–H groups in total. The van der Waals surface area contributed by atoms with Crippen LogP contribution in [0.3, 0.4) is 0 Å². The summed E-state index contributed by atoms with van der Waals surface area (Å²) in [6, 6.07) is 7.24. The number of aryl methyl sites for hydroxylation is 2. The van der Waals surface area contributed by atoms with Crippen molar-refractivity contribution in [1.29, 1.82) is 0 Å². The van der Waals surface area contributed by atoms with Crippen LogP contribution in [-0.2, 0) is 4.74 Å². The lowest BCUT2D eigenvalue weighted by atomic mass is 10.00. The van der Waals surface area contributed by atoms with E-state index in [9.17, 15) is 0 Å². The number of hydrogen-bond acceptors (Lipinski definition) is 3. The zero-order valence-corrected chi connectivity index (χ0v) is 14.6. The standard InChI is InChI=1S/C18H29NOS/c1-5-9-19-17(12-21-18-8-10-20-15(18)4)16-11-13(2)6-7-14(16)3/h6-7,11,15,17-19H,5,8-10,12H2,1-4H3. The molecule has 2 rings (SSSR count). The monoisotopic (exact) mass is 307 g/mol. The van der Waals surface area contributed by atoms with Crippen LogP contribution >= 0.6 is 11.8 Å². The van der Waals surface area contributed by atoms with Crippen LogP contribution in [0.2, 0.25) is 0 Å². The maximum absolute atomic E-state index is 5.69. The van der Waals surface area contributed by atoms with Gasteiger partial charge in [0.1, 0.15) is 0 Å². The summed E-state index contributed by atoms with van der Waals surface area (Å²) in [6.45, 7) is 10.8. The van der Waals surface area contributed by atoms with Crippen LogP contribution in [0.1, 0.15) is 49.4 Å². The first-order valence-electron chi connectivity index (χ1n) is 8.15. The van der Waals surface area contributed by atoms with Crippen molar-refractivity contribution in [3.05, 3.63) is 34.9 Å². The fraction of sp³-hybridized carbons (Fsp3) is 0.667. The van der Waals surface area contributed by atoms with Gasteiger partial charge in [-0.1, -0.05) is 30.7 Å². The Kier molecular flexibility index (Phi) is 6.59. The Morgan fingerprint density at radius 3 is 2.86 bits per heavy atom. The molecule has 1 saturated heterocycles. The number of benzene rings is 1. The van der Waals surface area contributed by atoms with E-state index in [4.69, 9.17) is 4.74 Å². The highest BCUT2D eigenvalue weighted by atomic mass is 32.2. The number of rotatable bonds is 7. The van der Waals surface area contributed by atoms with E-state index in [1.54, 1.807) is 0 Å². The fourth-order valence-electron chi connectivity index (χ4n) is 2.86. The smallest absolute Gasteiger partial charge is 0.0666 e. The molecule has 1 aromatic rings. The lowest BCUT2D eigenvalue weighted by Crippen LogP contribution is -2.26. The summed E-state index contributed by atoms with van der Waals surface area (Å²) in [5.41, 5.74) is 4.20. The third-order valence-electron chi connectivity index (χ3n) is 4.23. The Morgan fingerprint density at radius 1 is 1.38 bits per heavy atom. The van der Waals surface area contributed by atoms with E-state index in [-0.39, 0.29) is 0 Å². The number of hydrogen-bond donors (Lipinski definition) is 1. The Hall–Kier alpha value is -0.510. The van der Waals surface area contributed by atoms with Crippen LogP contribution in [0.4, 0.5) is 0 Å². The van der Waals surface area contributed by atoms with E-state index in [1.165, 1.54) is 29.5 Å². The van der Waals surface area contributed by atoms with Crippen molar-refractivity contribution >= 4 is 11.8 Å². The van der Waals surface area contributed by atoms with E-state index in [2.05, 4.69) is 63.0 Å². The molecule has 118 valence electrons. The van der Waals surface area contributed by atoms with Crippen molar-refractivity contribution in [3.8, 4) is 0 Å². The number of ether oxygens (including phenoxy) is 1. The molecule has 3 heteroatoms. The molecule has 0 aromatic heterocycles. The Morgan fingerprint density at radius 2 is 2.19 bits per heavy atom. The van der Waals surface area contributed by atoms with Gasteiger partial charge in [-0.05, 0) is 51.3 Å². The first-order valence-corrected chi connectivity index (χ1v) is 9.20. The van der Waals surface area contributed by atoms with Crippen molar-refractivity contribution < 1.29 is 4.74 Å². The van der Waals surface area contributed by atoms with Crippen molar-refractivity contribution in [1.82, 2.24) is 5.32 Å². The Labute approximate surface area is 134 Å². The highest BCUT2D eigenvalue weighted by molar-refractivity contribution is 8.00. The predicted molar refractivity (Wildman–Crippen MR) is 93.2 cm³/mol. The van der Waals surface area contributed by atoms with Crippen LogP contribution < -0.4 is 5.32 Å². The second-order valence-electron chi connectivity index (χ2n) is 6.10. The lowest BCUT2D eigenvalue weighted by Gasteiger charge is -2.23. The molecule has 0 saturated carbocycles. The fourth-order valence-corrected chi connectivity index (χ4v) is 4.21. The summed E-state index contributed by atoms with van der Waals surface area (Å²) in [5, 5.41) is 4.38. The molecule has 1 aliphatic heterocycles. The second kappa shape index (κ2) is 8.21. The molecule has 0 amide bonds. The molecule has 0 bridgehead atoms. The van der Waals surface area contributed by atoms with Crippen LogP contribution in [0, 0.1) is 13.8 Å². The van der Waals surface area contributed by atoms with Crippen LogP contribution in [0.25, 0.3) is 0 Å². The first kappa shape index (κ1) is 16.9. The highest BCUT2D eigenvalue weighted by Crippen LogP contribution is 2.31. The van der Waals surface area contributed by atoms with Gasteiger partial charge in [-0.25, -0.2) is 0 Å². The maximum atomic E-state index is 5.69. The molecule has 1 fully saturated rings. The van der Waals surface area contributed by atoms with E-state index in [1.807, 2.05) is 0 Å². The Balaban J connectivity index is 2.04. The normalized spacial score (nSPS) is 23.4. The quantitative estimate of drug-likeness (QED) is 0.813. The first-order chi connectivity index (χ1) is 10.1. The average Bonchev–Trinajstić information content (AvgIpc) is 2.87. The van der Waals surface area contributed by atoms with Crippen LogP contribution in [0.15, 0.2) is 18.2 Å². The molecule has 0 aliphatic carbocycles. The van der Waals surface area contributed by atoms with Gasteiger partial charge in [0.2, 0.25) is 0 Å². The van der Waals surface area contributed by atoms with Crippen LogP contribution in [0.5, 0.6) is 0 Å². The summed E-state index contributed by atoms with van der Waals surface area (Å²) in [5.74, 6) is 1.13. The number of thioether (sulfide) groups is 1. The third kappa shape index (κ3) is 4.73. The zero-order chi connectivity index (χ0) is 15.2. The Bertz CT molecular complexity index is 449.